The van der Waals surface area contributed by atoms with Gasteiger partial charge in [-0.3, -0.25) is 4.57 Å². The van der Waals surface area contributed by atoms with Gasteiger partial charge in [0.15, 0.2) is 6.23 Å². The topological polar surface area (TPSA) is 117 Å². The van der Waals surface area contributed by atoms with E-state index in [-0.39, 0.29) is 18.4 Å². The Kier molecular flexibility index (Phi) is 8.99. The highest BCUT2D eigenvalue weighted by molar-refractivity contribution is 5.93. The summed E-state index contributed by atoms with van der Waals surface area (Å²) in [5.41, 5.74) is 2.43. The molecule has 1 aliphatic heterocycles. The maximum Gasteiger partial charge on any atom is 0.407 e. The highest BCUT2D eigenvalue weighted by Gasteiger charge is 2.21. The van der Waals surface area contributed by atoms with Crippen molar-refractivity contribution in [2.24, 2.45) is 0 Å². The number of ether oxygens (including phenoxy) is 3. The van der Waals surface area contributed by atoms with Crippen molar-refractivity contribution < 1.29 is 19.0 Å². The second kappa shape index (κ2) is 12.4. The van der Waals surface area contributed by atoms with Gasteiger partial charge in [-0.15, -0.1) is 10.2 Å². The molecule has 1 amide bonds. The van der Waals surface area contributed by atoms with E-state index < -0.39 is 5.60 Å². The Morgan fingerprint density at radius 3 is 2.76 bits per heavy atom. The third-order valence-corrected chi connectivity index (χ3v) is 6.10. The van der Waals surface area contributed by atoms with E-state index in [2.05, 4.69) is 38.1 Å². The van der Waals surface area contributed by atoms with Crippen molar-refractivity contribution in [3.05, 3.63) is 31.0 Å². The summed E-state index contributed by atoms with van der Waals surface area (Å²) in [5, 5.41) is 20.0. The first kappa shape index (κ1) is 26.9. The van der Waals surface area contributed by atoms with Gasteiger partial charge in [0, 0.05) is 36.9 Å². The fourth-order valence-electron chi connectivity index (χ4n) is 4.34. The molecule has 11 nitrogen and oxygen atoms in total. The van der Waals surface area contributed by atoms with Crippen LogP contribution in [0.25, 0.3) is 16.6 Å². The number of fused-ring (bicyclic) bond motifs is 1. The molecule has 0 spiro atoms. The fourth-order valence-corrected chi connectivity index (χ4v) is 4.34. The Hall–Kier alpha value is -3.18. The molecule has 3 aromatic rings. The number of benzene rings is 1. The zero-order valence-corrected chi connectivity index (χ0v) is 22.3. The maximum absolute atomic E-state index is 11.9. The van der Waals surface area contributed by atoms with Crippen molar-refractivity contribution in [1.29, 1.82) is 0 Å². The monoisotopic (exact) mass is 513 g/mol. The summed E-state index contributed by atoms with van der Waals surface area (Å²) in [7, 11) is 0. The molecule has 4 rings (SSSR count). The number of hydrogen-bond donors (Lipinski definition) is 2. The molecule has 0 bridgehead atoms. The van der Waals surface area contributed by atoms with Crippen molar-refractivity contribution in [2.45, 2.75) is 77.7 Å². The summed E-state index contributed by atoms with van der Waals surface area (Å²) < 4.78 is 21.0. The molecular formula is C26H39N7O4. The summed E-state index contributed by atoms with van der Waals surface area (Å²) >= 11 is 0. The zero-order chi connectivity index (χ0) is 26.3. The molecule has 11 heteroatoms. The maximum atomic E-state index is 11.9. The normalized spacial score (nSPS) is 17.0. The SMILES string of the molecule is C[C@@H](CCCOCCNc1cc(-n2cnnc2)cc2c1cnn2C1CCCCO1)NC(=O)OC(C)(C)C. The number of hydrogen-bond acceptors (Lipinski definition) is 8. The van der Waals surface area contributed by atoms with E-state index in [1.165, 1.54) is 0 Å². The van der Waals surface area contributed by atoms with Crippen LogP contribution in [0.2, 0.25) is 0 Å². The quantitative estimate of drug-likeness (QED) is 0.362. The third-order valence-electron chi connectivity index (χ3n) is 6.10. The van der Waals surface area contributed by atoms with Crippen LogP contribution in [0.1, 0.15) is 66.0 Å². The molecular weight excluding hydrogens is 474 g/mol. The van der Waals surface area contributed by atoms with E-state index in [0.717, 1.165) is 61.0 Å². The predicted molar refractivity (Wildman–Crippen MR) is 141 cm³/mol. The predicted octanol–water partition coefficient (Wildman–Crippen LogP) is 4.44. The summed E-state index contributed by atoms with van der Waals surface area (Å²) in [6.07, 6.45) is 9.67. The zero-order valence-electron chi connectivity index (χ0n) is 22.3. The first-order chi connectivity index (χ1) is 17.8. The number of alkyl carbamates (subject to hydrolysis) is 1. The second-order valence-electron chi connectivity index (χ2n) is 10.4. The molecule has 2 N–H and O–H groups in total. The highest BCUT2D eigenvalue weighted by Crippen LogP contribution is 2.31. The van der Waals surface area contributed by atoms with Crippen LogP contribution in [-0.4, -0.2) is 68.6 Å². The number of nitrogens with one attached hydrogen (secondary N) is 2. The van der Waals surface area contributed by atoms with Crippen LogP contribution < -0.4 is 10.6 Å². The van der Waals surface area contributed by atoms with Crippen LogP contribution in [0.15, 0.2) is 31.0 Å². The van der Waals surface area contributed by atoms with E-state index in [4.69, 9.17) is 14.2 Å². The van der Waals surface area contributed by atoms with Gasteiger partial charge in [-0.25, -0.2) is 9.48 Å². The minimum atomic E-state index is -0.497. The highest BCUT2D eigenvalue weighted by atomic mass is 16.6. The molecule has 0 saturated carbocycles. The number of anilines is 1. The Morgan fingerprint density at radius 2 is 2.03 bits per heavy atom. The number of carbonyl (C=O) groups excluding carboxylic acids is 1. The van der Waals surface area contributed by atoms with E-state index in [1.807, 2.05) is 43.1 Å². The van der Waals surface area contributed by atoms with Gasteiger partial charge < -0.3 is 24.8 Å². The number of rotatable bonds is 11. The van der Waals surface area contributed by atoms with Gasteiger partial charge in [-0.05, 0) is 71.9 Å². The molecule has 1 unspecified atom stereocenters. The standard InChI is InChI=1S/C26H39N7O4/c1-19(31-25(34)37-26(2,3)4)8-7-11-35-13-10-27-22-14-20(32-17-28-29-18-32)15-23-21(22)16-30-33(23)24-9-5-6-12-36-24/h14-19,24,27H,5-13H2,1-4H3,(H,31,34)/t19-,24?/m0/s1. The van der Waals surface area contributed by atoms with Crippen LogP contribution in [0.3, 0.4) is 0 Å². The largest absolute Gasteiger partial charge is 0.444 e. The second-order valence-corrected chi connectivity index (χ2v) is 10.4. The lowest BCUT2D eigenvalue weighted by Crippen LogP contribution is -2.37. The lowest BCUT2D eigenvalue weighted by atomic mass is 10.1. The van der Waals surface area contributed by atoms with Crippen LogP contribution in [0.5, 0.6) is 0 Å². The van der Waals surface area contributed by atoms with Gasteiger partial charge in [0.25, 0.3) is 0 Å². The van der Waals surface area contributed by atoms with Crippen molar-refractivity contribution >= 4 is 22.7 Å². The molecule has 1 aliphatic rings. The molecule has 37 heavy (non-hydrogen) atoms. The summed E-state index contributed by atoms with van der Waals surface area (Å²) in [6.45, 7) is 10.1. The van der Waals surface area contributed by atoms with Crippen LogP contribution in [-0.2, 0) is 14.2 Å². The van der Waals surface area contributed by atoms with Gasteiger partial charge in [0.1, 0.15) is 18.3 Å². The van der Waals surface area contributed by atoms with E-state index in [0.29, 0.717) is 19.8 Å². The minimum absolute atomic E-state index is 0.0231. The number of amides is 1. The average Bonchev–Trinajstić information content (AvgIpc) is 3.53. The molecule has 2 atom stereocenters. The first-order valence-corrected chi connectivity index (χ1v) is 13.1. The van der Waals surface area contributed by atoms with E-state index >= 15 is 0 Å². The summed E-state index contributed by atoms with van der Waals surface area (Å²) in [5.74, 6) is 0. The Labute approximate surface area is 217 Å². The van der Waals surface area contributed by atoms with Crippen molar-refractivity contribution in [1.82, 2.24) is 29.9 Å². The Morgan fingerprint density at radius 1 is 1.22 bits per heavy atom. The first-order valence-electron chi connectivity index (χ1n) is 13.1. The van der Waals surface area contributed by atoms with Crippen LogP contribution in [0.4, 0.5) is 10.5 Å². The van der Waals surface area contributed by atoms with Crippen molar-refractivity contribution in [3.8, 4) is 5.69 Å². The third kappa shape index (κ3) is 7.65. The minimum Gasteiger partial charge on any atom is -0.444 e. The molecule has 0 aliphatic carbocycles. The average molecular weight is 514 g/mol. The van der Waals surface area contributed by atoms with Crippen LogP contribution in [0, 0.1) is 0 Å². The molecule has 202 valence electrons. The lowest BCUT2D eigenvalue weighted by molar-refractivity contribution is -0.0366. The molecule has 2 aromatic heterocycles. The van der Waals surface area contributed by atoms with Gasteiger partial charge in [0.05, 0.1) is 24.0 Å². The Bertz CT molecular complexity index is 1130. The van der Waals surface area contributed by atoms with Crippen LogP contribution >= 0.6 is 0 Å². The molecule has 3 heterocycles. The van der Waals surface area contributed by atoms with Gasteiger partial charge in [-0.2, -0.15) is 5.10 Å². The molecule has 0 radical (unpaired) electrons. The smallest absolute Gasteiger partial charge is 0.407 e. The van der Waals surface area contributed by atoms with Gasteiger partial charge >= 0.3 is 6.09 Å². The van der Waals surface area contributed by atoms with Gasteiger partial charge in [0.2, 0.25) is 0 Å². The van der Waals surface area contributed by atoms with Crippen molar-refractivity contribution in [3.63, 3.8) is 0 Å². The number of nitrogens with zero attached hydrogens (tertiary/aromatic N) is 5. The van der Waals surface area contributed by atoms with Crippen molar-refractivity contribution in [2.75, 3.05) is 31.7 Å². The van der Waals surface area contributed by atoms with Gasteiger partial charge in [-0.1, -0.05) is 0 Å². The lowest BCUT2D eigenvalue weighted by Gasteiger charge is -2.23. The van der Waals surface area contributed by atoms with E-state index in [1.54, 1.807) is 12.7 Å². The number of carbonyl (C=O) groups is 1. The summed E-state index contributed by atoms with van der Waals surface area (Å²) in [6, 6.07) is 4.19. The number of aromatic nitrogens is 5. The molecule has 1 saturated heterocycles. The van der Waals surface area contributed by atoms with E-state index in [9.17, 15) is 4.79 Å². The molecule has 1 aromatic carbocycles. The Balaban J connectivity index is 1.29. The summed E-state index contributed by atoms with van der Waals surface area (Å²) in [4.78, 5) is 11.9. The fraction of sp³-hybridized carbons (Fsp3) is 0.615. The molecule has 1 fully saturated rings.